The Morgan fingerprint density at radius 2 is 1.15 bits per heavy atom. The lowest BCUT2D eigenvalue weighted by Gasteiger charge is -2.61. The maximum atomic E-state index is 12.1. The molecule has 22 nitrogen and oxygen atoms in total. The summed E-state index contributed by atoms with van der Waals surface area (Å²) in [5.41, 5.74) is 1.44. The van der Waals surface area contributed by atoms with Crippen LogP contribution >= 0.6 is 0 Å². The van der Waals surface area contributed by atoms with Crippen LogP contribution < -0.4 is 0 Å². The summed E-state index contributed by atoms with van der Waals surface area (Å²) in [7, 11) is 0. The molecule has 4 saturated carbocycles. The summed E-state index contributed by atoms with van der Waals surface area (Å²) in [6.07, 6.45) is -21.1. The standard InChI is InChI=1S/C51H84O22/c1-20(19-65-46-40(61)38(59)35(56)30(16-52)69-46)6-9-28-21(2)33-29(68-28)15-27-25-8-7-23-14-24(10-12-50(23,4)26(25)11-13-51(27,33)5)67-49-45(73-47-41(62)37(58)34(55)22(3)66-47)43(64)44(32(18-54)71-49)72-48-42(63)39(60)36(57)31(17-53)70-48/h20,22-27,29-49,52-64H,6-19H2,1-5H3/t20-,22-,23-,24-,25+,26-,27-,29-,30+,31+,32+,33-,34-,35+,36+,37+,38-,39-,40+,41+,42+,43-,44-,45+,46+,47-,48-,49+,50-,51-/m0/s1. The average molecular weight is 1050 g/mol. The number of ether oxygens (including phenoxy) is 9. The van der Waals surface area contributed by atoms with Gasteiger partial charge in [-0.1, -0.05) is 20.8 Å². The molecule has 0 bridgehead atoms. The van der Waals surface area contributed by atoms with E-state index in [1.807, 2.05) is 6.92 Å². The van der Waals surface area contributed by atoms with Crippen LogP contribution in [0.25, 0.3) is 0 Å². The zero-order valence-electron chi connectivity index (χ0n) is 42.6. The van der Waals surface area contributed by atoms with E-state index < -0.39 is 143 Å². The number of hydrogen-bond donors (Lipinski definition) is 13. The molecule has 30 atom stereocenters. The van der Waals surface area contributed by atoms with Gasteiger partial charge < -0.3 is 109 Å². The van der Waals surface area contributed by atoms with Crippen LogP contribution in [0.1, 0.15) is 98.8 Å². The van der Waals surface area contributed by atoms with E-state index in [0.717, 1.165) is 57.1 Å². The van der Waals surface area contributed by atoms with Crippen LogP contribution in [0.4, 0.5) is 0 Å². The first-order valence-corrected chi connectivity index (χ1v) is 26.8. The fraction of sp³-hybridized carbons (Fsp3) is 0.961. The summed E-state index contributed by atoms with van der Waals surface area (Å²) in [5, 5.41) is 136. The molecule has 5 aliphatic heterocycles. The van der Waals surface area contributed by atoms with E-state index >= 15 is 0 Å². The van der Waals surface area contributed by atoms with Gasteiger partial charge in [-0.15, -0.1) is 0 Å². The number of rotatable bonds is 15. The van der Waals surface area contributed by atoms with Gasteiger partial charge >= 0.3 is 0 Å². The first kappa shape index (κ1) is 56.4. The Bertz CT molecular complexity index is 1880. The lowest BCUT2D eigenvalue weighted by atomic mass is 9.44. The highest BCUT2D eigenvalue weighted by Crippen LogP contribution is 2.70. The maximum absolute atomic E-state index is 12.1. The zero-order valence-corrected chi connectivity index (χ0v) is 42.6. The lowest BCUT2D eigenvalue weighted by Crippen LogP contribution is -2.67. The van der Waals surface area contributed by atoms with Gasteiger partial charge in [-0.05, 0) is 118 Å². The minimum Gasteiger partial charge on any atom is -0.494 e. The van der Waals surface area contributed by atoms with Crippen LogP contribution in [0, 0.1) is 46.3 Å². The lowest BCUT2D eigenvalue weighted by molar-refractivity contribution is -0.390. The molecule has 0 spiro atoms. The molecule has 13 N–H and O–H groups in total. The number of hydrogen-bond acceptors (Lipinski definition) is 22. The molecule has 0 unspecified atom stereocenters. The summed E-state index contributed by atoms with van der Waals surface area (Å²) in [6, 6.07) is 0. The molecule has 4 saturated heterocycles. The van der Waals surface area contributed by atoms with Crippen LogP contribution in [-0.2, 0) is 42.6 Å². The van der Waals surface area contributed by atoms with Crippen molar-refractivity contribution in [1.82, 2.24) is 0 Å². The predicted octanol–water partition coefficient (Wildman–Crippen LogP) is -1.98. The quantitative estimate of drug-likeness (QED) is 0.0791. The van der Waals surface area contributed by atoms with E-state index in [0.29, 0.717) is 42.4 Å². The number of aliphatic hydroxyl groups excluding tert-OH is 13. The van der Waals surface area contributed by atoms with Gasteiger partial charge in [0.15, 0.2) is 25.2 Å². The van der Waals surface area contributed by atoms with Gasteiger partial charge in [0, 0.05) is 12.3 Å². The van der Waals surface area contributed by atoms with Gasteiger partial charge in [0.25, 0.3) is 0 Å². The second kappa shape index (κ2) is 22.4. The number of aliphatic hydroxyl groups is 13. The molecule has 0 radical (unpaired) electrons. The highest BCUT2D eigenvalue weighted by molar-refractivity contribution is 5.27. The first-order chi connectivity index (χ1) is 34.6. The van der Waals surface area contributed by atoms with Crippen molar-refractivity contribution >= 4 is 0 Å². The van der Waals surface area contributed by atoms with Gasteiger partial charge in [-0.25, -0.2) is 0 Å². The van der Waals surface area contributed by atoms with Crippen LogP contribution in [0.2, 0.25) is 0 Å². The Morgan fingerprint density at radius 1 is 0.575 bits per heavy atom. The molecule has 4 aliphatic carbocycles. The van der Waals surface area contributed by atoms with Crippen molar-refractivity contribution in [3.8, 4) is 0 Å². The number of allylic oxidation sites excluding steroid dienone is 1. The zero-order chi connectivity index (χ0) is 52.6. The fourth-order valence-electron chi connectivity index (χ4n) is 15.1. The highest BCUT2D eigenvalue weighted by atomic mass is 16.8. The number of fused-ring (bicyclic) bond motifs is 7. The van der Waals surface area contributed by atoms with Crippen molar-refractivity contribution in [1.29, 1.82) is 0 Å². The van der Waals surface area contributed by atoms with E-state index in [2.05, 4.69) is 20.8 Å². The molecule has 5 heterocycles. The molecule has 8 fully saturated rings. The molecule has 9 rings (SSSR count). The van der Waals surface area contributed by atoms with Crippen molar-refractivity contribution in [2.24, 2.45) is 46.3 Å². The van der Waals surface area contributed by atoms with Crippen molar-refractivity contribution in [2.45, 2.75) is 234 Å². The highest BCUT2D eigenvalue weighted by Gasteiger charge is 2.65. The second-order valence-corrected chi connectivity index (χ2v) is 23.7. The average Bonchev–Trinajstić information content (AvgIpc) is 3.86. The van der Waals surface area contributed by atoms with Crippen molar-refractivity contribution in [2.75, 3.05) is 26.4 Å². The summed E-state index contributed by atoms with van der Waals surface area (Å²) in [6.45, 7) is 8.95. The summed E-state index contributed by atoms with van der Waals surface area (Å²) in [4.78, 5) is 0. The SMILES string of the molecule is CC1=C(CC[C@H](C)CO[C@@H]2O[C@H](CO)[C@@H](O)[C@H](O)[C@H]2O)O[C@H]2C[C@H]3[C@@H]4CC[C@H]5C[C@@H](O[C@@H]6O[C@H](CO)[C@H](O[C@@H]7O[C@H](CO)[C@@H](O)[C@H](O)[C@H]7O)[C@H](O)[C@H]6O[C@@H]6O[C@@H](C)[C@H](O)[C@@H](O)[C@H]6O)CC[C@]5(C)[C@H]4CC[C@]3(C)[C@@H]12. The van der Waals surface area contributed by atoms with Gasteiger partial charge in [-0.3, -0.25) is 0 Å². The second-order valence-electron chi connectivity index (χ2n) is 23.7. The summed E-state index contributed by atoms with van der Waals surface area (Å²) < 4.78 is 54.7. The smallest absolute Gasteiger partial charge is 0.187 e. The molecule has 0 aromatic carbocycles. The first-order valence-electron chi connectivity index (χ1n) is 26.8. The third-order valence-corrected chi connectivity index (χ3v) is 19.4. The van der Waals surface area contributed by atoms with Crippen molar-refractivity contribution in [3.05, 3.63) is 11.3 Å². The fourth-order valence-corrected chi connectivity index (χ4v) is 15.1. The minimum atomic E-state index is -1.84. The monoisotopic (exact) mass is 1050 g/mol. The molecular weight excluding hydrogens is 965 g/mol. The van der Waals surface area contributed by atoms with Crippen molar-refractivity contribution < 1.29 is 109 Å². The molecule has 73 heavy (non-hydrogen) atoms. The Hall–Kier alpha value is -1.30. The topological polar surface area (TPSA) is 346 Å². The Kier molecular flexibility index (Phi) is 17.3. The van der Waals surface area contributed by atoms with Gasteiger partial charge in [0.1, 0.15) is 97.7 Å². The Labute approximate surface area is 426 Å². The molecule has 0 amide bonds. The van der Waals surface area contributed by atoms with E-state index in [-0.39, 0.29) is 35.6 Å². The Balaban J connectivity index is 0.836. The van der Waals surface area contributed by atoms with Crippen molar-refractivity contribution in [3.63, 3.8) is 0 Å². The summed E-state index contributed by atoms with van der Waals surface area (Å²) in [5.74, 6) is 3.27. The summed E-state index contributed by atoms with van der Waals surface area (Å²) >= 11 is 0. The van der Waals surface area contributed by atoms with Crippen LogP contribution in [0.5, 0.6) is 0 Å². The predicted molar refractivity (Wildman–Crippen MR) is 249 cm³/mol. The molecule has 9 aliphatic rings. The maximum Gasteiger partial charge on any atom is 0.187 e. The normalized spacial score (nSPS) is 53.5. The van der Waals surface area contributed by atoms with Gasteiger partial charge in [0.2, 0.25) is 0 Å². The van der Waals surface area contributed by atoms with E-state index in [9.17, 15) is 66.4 Å². The minimum absolute atomic E-state index is 0.0283. The molecule has 22 heteroatoms. The molecular formula is C51H84O22. The van der Waals surface area contributed by atoms with Crippen LogP contribution in [-0.4, -0.2) is 228 Å². The van der Waals surface area contributed by atoms with Gasteiger partial charge in [-0.2, -0.15) is 0 Å². The third-order valence-electron chi connectivity index (χ3n) is 19.4. The largest absolute Gasteiger partial charge is 0.494 e. The van der Waals surface area contributed by atoms with E-state index in [4.69, 9.17) is 42.6 Å². The van der Waals surface area contributed by atoms with Gasteiger partial charge in [0.05, 0.1) is 44.4 Å². The Morgan fingerprint density at radius 3 is 1.81 bits per heavy atom. The van der Waals surface area contributed by atoms with E-state index in [1.54, 1.807) is 0 Å². The third kappa shape index (κ3) is 10.3. The van der Waals surface area contributed by atoms with E-state index in [1.165, 1.54) is 12.5 Å². The molecule has 0 aromatic heterocycles. The van der Waals surface area contributed by atoms with Crippen LogP contribution in [0.3, 0.4) is 0 Å². The molecule has 420 valence electrons. The molecule has 0 aromatic rings. The van der Waals surface area contributed by atoms with Crippen LogP contribution in [0.15, 0.2) is 11.3 Å².